The third-order valence-corrected chi connectivity index (χ3v) is 8.54. The zero-order chi connectivity index (χ0) is 18.5. The molecule has 1 heterocycles. The molecule has 0 amide bonds. The van der Waals surface area contributed by atoms with E-state index in [2.05, 4.69) is 38.7 Å². The van der Waals surface area contributed by atoms with Crippen molar-refractivity contribution in [1.82, 2.24) is 0 Å². The average Bonchev–Trinajstić information content (AvgIpc) is 3.11. The Bertz CT molecular complexity index is 831. The normalized spacial score (nSPS) is 50.8. The maximum atomic E-state index is 14.0. The number of hydrogen-bond donors (Lipinski definition) is 1. The number of allylic oxidation sites excluding steroid dienone is 1. The van der Waals surface area contributed by atoms with Crippen LogP contribution in [0, 0.1) is 40.3 Å². The first-order valence-electron chi connectivity index (χ1n) is 9.61. The van der Waals surface area contributed by atoms with Crippen molar-refractivity contribution in [3.8, 4) is 5.81 Å². The molecule has 0 aromatic rings. The molecule has 26 heavy (non-hydrogen) atoms. The molecule has 4 aliphatic carbocycles. The van der Waals surface area contributed by atoms with Crippen LogP contribution in [0.5, 0.6) is 0 Å². The summed E-state index contributed by atoms with van der Waals surface area (Å²) >= 11 is 0. The SMILES string of the molecule is CC1=C[C@]23C(=O)[C@@H](C=C4COC#[P+]O[C@H]4[C@]2(O)C1)C1C(C[C@H]3C)C1(C)C. The summed E-state index contributed by atoms with van der Waals surface area (Å²) in [6.45, 7) is 9.08. The Hall–Kier alpha value is -0.760. The fraction of sp³-hybridized carbons (Fsp3) is 0.714. The summed E-state index contributed by atoms with van der Waals surface area (Å²) in [5.41, 5.74) is 0.0570. The van der Waals surface area contributed by atoms with Crippen molar-refractivity contribution >= 4 is 14.0 Å². The quantitative estimate of drug-likeness (QED) is 0.520. The number of aliphatic hydroxyl groups is 1. The van der Waals surface area contributed by atoms with Gasteiger partial charge in [0.2, 0.25) is 0 Å². The number of carbonyl (C=O) groups excluding carboxylic acids is 1. The summed E-state index contributed by atoms with van der Waals surface area (Å²) in [6, 6.07) is 0. The molecule has 0 radical (unpaired) electrons. The second kappa shape index (κ2) is 5.19. The van der Waals surface area contributed by atoms with Gasteiger partial charge in [0.15, 0.2) is 0 Å². The first kappa shape index (κ1) is 17.3. The van der Waals surface area contributed by atoms with Crippen LogP contribution in [0.2, 0.25) is 0 Å². The second-order valence-electron chi connectivity index (χ2n) is 9.64. The summed E-state index contributed by atoms with van der Waals surface area (Å²) < 4.78 is 11.5. The van der Waals surface area contributed by atoms with Gasteiger partial charge >= 0.3 is 156 Å². The fourth-order valence-corrected chi connectivity index (χ4v) is 7.37. The molecule has 4 nitrogen and oxygen atoms in total. The van der Waals surface area contributed by atoms with Crippen molar-refractivity contribution < 1.29 is 19.2 Å². The van der Waals surface area contributed by atoms with Gasteiger partial charge < -0.3 is 0 Å². The second-order valence-corrected chi connectivity index (χ2v) is 10.2. The number of hydrogen-bond acceptors (Lipinski definition) is 4. The Morgan fingerprint density at radius 1 is 1.38 bits per heavy atom. The van der Waals surface area contributed by atoms with E-state index in [1.807, 2.05) is 6.92 Å². The molecule has 5 rings (SSSR count). The molecule has 7 atom stereocenters. The van der Waals surface area contributed by atoms with Gasteiger partial charge in [0.1, 0.15) is 0 Å². The number of ketones is 1. The van der Waals surface area contributed by atoms with Crippen LogP contribution in [0.1, 0.15) is 40.5 Å². The number of Topliss-reactive ketones (excluding diaryl/α,β-unsaturated/α-hetero) is 1. The van der Waals surface area contributed by atoms with Crippen LogP contribution in [-0.2, 0) is 14.1 Å². The minimum absolute atomic E-state index is 0.0851. The van der Waals surface area contributed by atoms with Gasteiger partial charge in [-0.25, -0.2) is 0 Å². The predicted molar refractivity (Wildman–Crippen MR) is 98.5 cm³/mol. The van der Waals surface area contributed by atoms with E-state index in [0.29, 0.717) is 33.1 Å². The minimum atomic E-state index is -1.24. The molecule has 1 spiro atoms. The first-order chi connectivity index (χ1) is 12.2. The van der Waals surface area contributed by atoms with Gasteiger partial charge in [-0.15, -0.1) is 0 Å². The molecule has 2 fully saturated rings. The van der Waals surface area contributed by atoms with Gasteiger partial charge in [-0.3, -0.25) is 0 Å². The van der Waals surface area contributed by atoms with Gasteiger partial charge in [0.05, 0.1) is 0 Å². The monoisotopic (exact) mass is 373 g/mol. The predicted octanol–water partition coefficient (Wildman–Crippen LogP) is 3.68. The molecule has 5 heteroatoms. The van der Waals surface area contributed by atoms with Crippen molar-refractivity contribution in [2.45, 2.75) is 52.2 Å². The van der Waals surface area contributed by atoms with Gasteiger partial charge in [0, 0.05) is 0 Å². The van der Waals surface area contributed by atoms with Crippen LogP contribution in [-0.4, -0.2) is 29.2 Å². The Balaban J connectivity index is 1.76. The van der Waals surface area contributed by atoms with Crippen LogP contribution in [0.15, 0.2) is 23.3 Å². The van der Waals surface area contributed by atoms with Gasteiger partial charge in [0.25, 0.3) is 0 Å². The van der Waals surface area contributed by atoms with Gasteiger partial charge in [-0.05, 0) is 0 Å². The van der Waals surface area contributed by atoms with E-state index in [1.165, 1.54) is 0 Å². The van der Waals surface area contributed by atoms with E-state index >= 15 is 0 Å². The van der Waals surface area contributed by atoms with E-state index < -0.39 is 17.1 Å². The zero-order valence-electron chi connectivity index (χ0n) is 15.8. The zero-order valence-corrected chi connectivity index (χ0v) is 16.7. The van der Waals surface area contributed by atoms with E-state index in [0.717, 1.165) is 17.6 Å². The summed E-state index contributed by atoms with van der Waals surface area (Å²) in [4.78, 5) is 14.0. The topological polar surface area (TPSA) is 55.8 Å². The van der Waals surface area contributed by atoms with Crippen molar-refractivity contribution in [2.75, 3.05) is 6.61 Å². The molecule has 2 saturated carbocycles. The maximum absolute atomic E-state index is 14.0. The molecule has 5 aliphatic rings. The molecular formula is C21H26O4P+. The molecule has 2 bridgehead atoms. The molecule has 0 saturated heterocycles. The number of carbonyl (C=O) groups is 1. The van der Waals surface area contributed by atoms with E-state index in [-0.39, 0.29) is 23.0 Å². The van der Waals surface area contributed by atoms with Gasteiger partial charge in [-0.1, -0.05) is 0 Å². The molecule has 138 valence electrons. The van der Waals surface area contributed by atoms with Crippen LogP contribution in [0.25, 0.3) is 0 Å². The third-order valence-electron chi connectivity index (χ3n) is 8.02. The van der Waals surface area contributed by atoms with Crippen molar-refractivity contribution in [2.24, 2.45) is 34.5 Å². The Kier molecular flexibility index (Phi) is 3.46. The van der Waals surface area contributed by atoms with Crippen LogP contribution in [0.3, 0.4) is 0 Å². The van der Waals surface area contributed by atoms with Crippen LogP contribution < -0.4 is 0 Å². The Labute approximate surface area is 156 Å². The van der Waals surface area contributed by atoms with Crippen molar-refractivity contribution in [3.63, 3.8) is 0 Å². The van der Waals surface area contributed by atoms with Crippen molar-refractivity contribution in [3.05, 3.63) is 23.3 Å². The van der Waals surface area contributed by atoms with Crippen LogP contribution >= 0.6 is 8.26 Å². The van der Waals surface area contributed by atoms with Crippen molar-refractivity contribution in [1.29, 1.82) is 0 Å². The molecule has 0 aromatic heterocycles. The van der Waals surface area contributed by atoms with E-state index in [1.54, 1.807) is 0 Å². The molecular weight excluding hydrogens is 347 g/mol. The summed E-state index contributed by atoms with van der Waals surface area (Å²) in [5, 5.41) is 12.1. The molecule has 2 unspecified atom stereocenters. The average molecular weight is 373 g/mol. The van der Waals surface area contributed by atoms with E-state index in [9.17, 15) is 9.90 Å². The first-order valence-corrected chi connectivity index (χ1v) is 10.4. The Morgan fingerprint density at radius 3 is 2.92 bits per heavy atom. The summed E-state index contributed by atoms with van der Waals surface area (Å²) in [7, 11) is 0.475. The summed E-state index contributed by atoms with van der Waals surface area (Å²) in [6.07, 6.45) is 5.10. The number of fused-ring (bicyclic) bond motifs is 5. The molecule has 1 aliphatic heterocycles. The number of rotatable bonds is 0. The van der Waals surface area contributed by atoms with Gasteiger partial charge in [-0.2, -0.15) is 0 Å². The van der Waals surface area contributed by atoms with Crippen LogP contribution in [0.4, 0.5) is 0 Å². The number of ether oxygens (including phenoxy) is 1. The fourth-order valence-electron chi connectivity index (χ4n) is 6.80. The third kappa shape index (κ3) is 1.88. The summed E-state index contributed by atoms with van der Waals surface area (Å²) in [5.74, 6) is 3.75. The molecule has 0 aromatic carbocycles. The standard InChI is InChI=1S/C21H26O4P/c1-11-7-20-12(2)5-15-16(19(15,3)4)14(17(20)22)6-13-9-24-10-26-25-18(13)21(20,23)8-11/h6-7,12,14-16,18,23H,5,8-9H2,1-4H3/q+1/t12-,14+,15?,16?,18-,20+,21-/m1/s1. The molecule has 1 N–H and O–H groups in total. The van der Waals surface area contributed by atoms with E-state index in [4.69, 9.17) is 9.26 Å². The Morgan fingerprint density at radius 2 is 2.15 bits per heavy atom.